The van der Waals surface area contributed by atoms with Crippen molar-refractivity contribution in [1.29, 1.82) is 0 Å². The van der Waals surface area contributed by atoms with E-state index in [-0.39, 0.29) is 5.91 Å². The summed E-state index contributed by atoms with van der Waals surface area (Å²) >= 11 is 1.64. The van der Waals surface area contributed by atoms with Crippen molar-refractivity contribution in [1.82, 2.24) is 0 Å². The van der Waals surface area contributed by atoms with E-state index in [0.717, 1.165) is 16.9 Å². The third-order valence-corrected chi connectivity index (χ3v) is 4.48. The summed E-state index contributed by atoms with van der Waals surface area (Å²) in [6.45, 7) is 2.49. The van der Waals surface area contributed by atoms with Crippen molar-refractivity contribution < 1.29 is 14.3 Å². The lowest BCUT2D eigenvalue weighted by Gasteiger charge is -2.12. The number of hydrogen-bond acceptors (Lipinski definition) is 4. The molecular weight excluding hydrogens is 334 g/mol. The second-order valence-electron chi connectivity index (χ2n) is 5.59. The van der Waals surface area contributed by atoms with Gasteiger partial charge in [-0.25, -0.2) is 0 Å². The predicted molar refractivity (Wildman–Crippen MR) is 101 cm³/mol. The number of hydrogen-bond donors (Lipinski definition) is 1. The van der Waals surface area contributed by atoms with E-state index in [2.05, 4.69) is 10.7 Å². The Bertz CT molecular complexity index is 859. The maximum absolute atomic E-state index is 12.4. The van der Waals surface area contributed by atoms with E-state index in [9.17, 15) is 4.79 Å². The number of rotatable bonds is 6. The van der Waals surface area contributed by atoms with Crippen LogP contribution in [0.4, 0.5) is 5.69 Å². The fourth-order valence-corrected chi connectivity index (χ4v) is 2.99. The van der Waals surface area contributed by atoms with Crippen molar-refractivity contribution in [3.8, 4) is 11.5 Å². The molecule has 4 nitrogen and oxygen atoms in total. The number of ether oxygens (including phenoxy) is 2. The molecule has 1 N–H and O–H groups in total. The Morgan fingerprint density at radius 1 is 1.16 bits per heavy atom. The first-order valence-electron chi connectivity index (χ1n) is 7.85. The van der Waals surface area contributed by atoms with E-state index in [4.69, 9.17) is 9.47 Å². The average molecular weight is 353 g/mol. The van der Waals surface area contributed by atoms with Gasteiger partial charge in [0.25, 0.3) is 5.91 Å². The molecule has 1 heterocycles. The Morgan fingerprint density at radius 2 is 2.04 bits per heavy atom. The van der Waals surface area contributed by atoms with E-state index in [1.807, 2.05) is 36.6 Å². The highest BCUT2D eigenvalue weighted by molar-refractivity contribution is 7.07. The van der Waals surface area contributed by atoms with Gasteiger partial charge in [0.1, 0.15) is 18.1 Å². The minimum atomic E-state index is -0.188. The lowest BCUT2D eigenvalue weighted by Crippen LogP contribution is -2.12. The number of carbonyl (C=O) groups excluding carboxylic acids is 1. The molecule has 1 amide bonds. The van der Waals surface area contributed by atoms with Crippen LogP contribution in [-0.4, -0.2) is 13.0 Å². The highest BCUT2D eigenvalue weighted by atomic mass is 32.1. The van der Waals surface area contributed by atoms with Gasteiger partial charge in [0, 0.05) is 17.3 Å². The van der Waals surface area contributed by atoms with E-state index in [0.29, 0.717) is 23.6 Å². The van der Waals surface area contributed by atoms with Gasteiger partial charge in [-0.05, 0) is 59.1 Å². The largest absolute Gasteiger partial charge is 0.497 e. The number of amides is 1. The normalized spacial score (nSPS) is 10.3. The lowest BCUT2D eigenvalue weighted by atomic mass is 10.1. The smallest absolute Gasteiger partial charge is 0.255 e. The van der Waals surface area contributed by atoms with Gasteiger partial charge < -0.3 is 14.8 Å². The van der Waals surface area contributed by atoms with Crippen LogP contribution >= 0.6 is 11.3 Å². The van der Waals surface area contributed by atoms with E-state index < -0.39 is 0 Å². The highest BCUT2D eigenvalue weighted by Crippen LogP contribution is 2.25. The van der Waals surface area contributed by atoms with Crippen molar-refractivity contribution in [3.05, 3.63) is 76.0 Å². The summed E-state index contributed by atoms with van der Waals surface area (Å²) in [5.74, 6) is 1.22. The Balaban J connectivity index is 1.71. The second kappa shape index (κ2) is 7.85. The summed E-state index contributed by atoms with van der Waals surface area (Å²) in [6.07, 6.45) is 0. The van der Waals surface area contributed by atoms with Gasteiger partial charge in [0.2, 0.25) is 0 Å². The SMILES string of the molecule is COc1cccc(C(=O)Nc2ccc(C)c(OCc3ccsc3)c2)c1. The van der Waals surface area contributed by atoms with Gasteiger partial charge in [0.15, 0.2) is 0 Å². The van der Waals surface area contributed by atoms with Crippen LogP contribution in [0.3, 0.4) is 0 Å². The topological polar surface area (TPSA) is 47.6 Å². The van der Waals surface area contributed by atoms with Crippen LogP contribution in [0.1, 0.15) is 21.5 Å². The molecule has 0 fully saturated rings. The standard InChI is InChI=1S/C20H19NO3S/c1-14-6-7-17(11-19(14)24-12-15-8-9-25-13-15)21-20(22)16-4-3-5-18(10-16)23-2/h3-11,13H,12H2,1-2H3,(H,21,22). The summed E-state index contributed by atoms with van der Waals surface area (Å²) in [5, 5.41) is 6.98. The first-order chi connectivity index (χ1) is 12.2. The zero-order valence-corrected chi connectivity index (χ0v) is 14.9. The van der Waals surface area contributed by atoms with Crippen LogP contribution < -0.4 is 14.8 Å². The molecule has 0 saturated carbocycles. The number of carbonyl (C=O) groups is 1. The Labute approximate surface area is 151 Å². The van der Waals surface area contributed by atoms with Gasteiger partial charge in [-0.2, -0.15) is 11.3 Å². The zero-order chi connectivity index (χ0) is 17.6. The van der Waals surface area contributed by atoms with Gasteiger partial charge in [-0.3, -0.25) is 4.79 Å². The molecule has 1 aromatic heterocycles. The number of methoxy groups -OCH3 is 1. The van der Waals surface area contributed by atoms with Gasteiger partial charge in [-0.15, -0.1) is 0 Å². The first-order valence-corrected chi connectivity index (χ1v) is 8.80. The van der Waals surface area contributed by atoms with E-state index in [1.54, 1.807) is 42.7 Å². The van der Waals surface area contributed by atoms with Crippen molar-refractivity contribution >= 4 is 22.9 Å². The molecule has 0 unspecified atom stereocenters. The average Bonchev–Trinajstić information content (AvgIpc) is 3.15. The summed E-state index contributed by atoms with van der Waals surface area (Å²) in [5.41, 5.74) is 3.39. The summed E-state index contributed by atoms with van der Waals surface area (Å²) < 4.78 is 11.0. The molecule has 0 atom stereocenters. The Kier molecular flexibility index (Phi) is 5.36. The molecule has 3 aromatic rings. The van der Waals surface area contributed by atoms with Gasteiger partial charge >= 0.3 is 0 Å². The molecular formula is C20H19NO3S. The molecule has 5 heteroatoms. The maximum Gasteiger partial charge on any atom is 0.255 e. The number of aryl methyl sites for hydroxylation is 1. The van der Waals surface area contributed by atoms with Crippen molar-refractivity contribution in [3.63, 3.8) is 0 Å². The highest BCUT2D eigenvalue weighted by Gasteiger charge is 2.09. The molecule has 0 spiro atoms. The van der Waals surface area contributed by atoms with Crippen LogP contribution in [0, 0.1) is 6.92 Å². The van der Waals surface area contributed by atoms with Crippen LogP contribution in [0.15, 0.2) is 59.3 Å². The zero-order valence-electron chi connectivity index (χ0n) is 14.1. The Morgan fingerprint density at radius 3 is 2.80 bits per heavy atom. The van der Waals surface area contributed by atoms with E-state index >= 15 is 0 Å². The number of anilines is 1. The molecule has 0 bridgehead atoms. The molecule has 0 saturated heterocycles. The molecule has 0 aliphatic heterocycles. The van der Waals surface area contributed by atoms with Gasteiger partial charge in [-0.1, -0.05) is 12.1 Å². The second-order valence-corrected chi connectivity index (χ2v) is 6.37. The summed E-state index contributed by atoms with van der Waals surface area (Å²) in [6, 6.07) is 14.7. The van der Waals surface area contributed by atoms with Crippen LogP contribution in [0.25, 0.3) is 0 Å². The monoisotopic (exact) mass is 353 g/mol. The third kappa shape index (κ3) is 4.39. The lowest BCUT2D eigenvalue weighted by molar-refractivity contribution is 0.102. The fraction of sp³-hybridized carbons (Fsp3) is 0.150. The number of nitrogens with one attached hydrogen (secondary N) is 1. The van der Waals surface area contributed by atoms with Gasteiger partial charge in [0.05, 0.1) is 7.11 Å². The molecule has 2 aromatic carbocycles. The fourth-order valence-electron chi connectivity index (χ4n) is 2.34. The van der Waals surface area contributed by atoms with Crippen LogP contribution in [0.5, 0.6) is 11.5 Å². The molecule has 0 radical (unpaired) electrons. The quantitative estimate of drug-likeness (QED) is 0.686. The third-order valence-electron chi connectivity index (χ3n) is 3.75. The minimum absolute atomic E-state index is 0.188. The van der Waals surface area contributed by atoms with Crippen molar-refractivity contribution in [2.24, 2.45) is 0 Å². The van der Waals surface area contributed by atoms with Crippen molar-refractivity contribution in [2.75, 3.05) is 12.4 Å². The number of thiophene rings is 1. The molecule has 25 heavy (non-hydrogen) atoms. The first kappa shape index (κ1) is 17.0. The Hall–Kier alpha value is -2.79. The molecule has 0 aliphatic rings. The molecule has 128 valence electrons. The van der Waals surface area contributed by atoms with Crippen molar-refractivity contribution in [2.45, 2.75) is 13.5 Å². The summed E-state index contributed by atoms with van der Waals surface area (Å²) in [7, 11) is 1.58. The van der Waals surface area contributed by atoms with E-state index in [1.165, 1.54) is 0 Å². The summed E-state index contributed by atoms with van der Waals surface area (Å²) in [4.78, 5) is 12.4. The minimum Gasteiger partial charge on any atom is -0.497 e. The predicted octanol–water partition coefficient (Wildman–Crippen LogP) is 4.90. The maximum atomic E-state index is 12.4. The molecule has 3 rings (SSSR count). The van der Waals surface area contributed by atoms with Crippen LogP contribution in [0.2, 0.25) is 0 Å². The van der Waals surface area contributed by atoms with Crippen LogP contribution in [-0.2, 0) is 6.61 Å². The number of benzene rings is 2. The molecule has 0 aliphatic carbocycles.